The number of benzene rings is 2. The Morgan fingerprint density at radius 1 is 1.09 bits per heavy atom. The summed E-state index contributed by atoms with van der Waals surface area (Å²) < 4.78 is 48.9. The maximum Gasteiger partial charge on any atom is 0.417 e. The number of halogens is 3. The minimum atomic E-state index is -4.79. The van der Waals surface area contributed by atoms with Crippen molar-refractivity contribution >= 4 is 23.3 Å². The molecule has 0 amide bonds. The molecule has 0 fully saturated rings. The van der Waals surface area contributed by atoms with Crippen LogP contribution >= 0.6 is 12.2 Å². The number of ether oxygens (including phenoxy) is 1. The fourth-order valence-corrected chi connectivity index (χ4v) is 3.95. The molecule has 0 aliphatic carbocycles. The van der Waals surface area contributed by atoms with E-state index in [1.807, 2.05) is 26.0 Å². The largest absolute Gasteiger partial charge is 0.495 e. The molecule has 0 bridgehead atoms. The quantitative estimate of drug-likeness (QED) is 0.357. The summed E-state index contributed by atoms with van der Waals surface area (Å²) in [7, 11) is 1.44. The molecule has 0 unspecified atom stereocenters. The van der Waals surface area contributed by atoms with Crippen molar-refractivity contribution in [2.45, 2.75) is 25.9 Å². The zero-order chi connectivity index (χ0) is 23.9. The lowest BCUT2D eigenvalue weighted by Gasteiger charge is -2.17. The Balaban J connectivity index is 2.13. The lowest BCUT2D eigenvalue weighted by Crippen LogP contribution is -2.20. The number of H-pyrrole nitrogens is 1. The van der Waals surface area contributed by atoms with Gasteiger partial charge in [0, 0.05) is 5.56 Å². The number of nitrogens with one attached hydrogen (secondary N) is 1. The Morgan fingerprint density at radius 3 is 2.36 bits per heavy atom. The highest BCUT2D eigenvalue weighted by Crippen LogP contribution is 2.37. The van der Waals surface area contributed by atoms with Crippen LogP contribution in [0.25, 0.3) is 28.0 Å². The average molecular weight is 472 g/mol. The Kier molecular flexibility index (Phi) is 5.84. The van der Waals surface area contributed by atoms with Crippen LogP contribution in [0.2, 0.25) is 0 Å². The van der Waals surface area contributed by atoms with E-state index in [1.54, 1.807) is 36.4 Å². The van der Waals surface area contributed by atoms with Crippen LogP contribution in [-0.2, 0) is 6.18 Å². The number of hydrogen-bond donors (Lipinski definition) is 1. The highest BCUT2D eigenvalue weighted by molar-refractivity contribution is 7.71. The summed E-state index contributed by atoms with van der Waals surface area (Å²) in [4.78, 5) is 19.5. The normalized spacial score (nSPS) is 11.8. The van der Waals surface area contributed by atoms with Crippen molar-refractivity contribution < 1.29 is 17.9 Å². The zero-order valence-electron chi connectivity index (χ0n) is 18.0. The van der Waals surface area contributed by atoms with Gasteiger partial charge < -0.3 is 4.74 Å². The summed E-state index contributed by atoms with van der Waals surface area (Å²) in [6.07, 6.45) is -4.79. The molecule has 170 valence electrons. The number of aromatic amines is 1. The van der Waals surface area contributed by atoms with E-state index in [-0.39, 0.29) is 22.0 Å². The van der Waals surface area contributed by atoms with Crippen LogP contribution in [0.3, 0.4) is 0 Å². The predicted octanol–water partition coefficient (Wildman–Crippen LogP) is 6.26. The number of alkyl halides is 3. The molecule has 0 saturated carbocycles. The Labute approximate surface area is 192 Å². The SMILES string of the molecule is COc1ccccc1-n1c(=S)[nH]c(=O)c2c(C(F)(F)F)cc(-c3ccc(C(C)C)cc3)nc21. The number of aromatic nitrogens is 3. The minimum absolute atomic E-state index is 0.0776. The van der Waals surface area contributed by atoms with E-state index in [0.29, 0.717) is 17.0 Å². The van der Waals surface area contributed by atoms with Gasteiger partial charge in [0.2, 0.25) is 0 Å². The van der Waals surface area contributed by atoms with Gasteiger partial charge in [0.15, 0.2) is 10.4 Å². The van der Waals surface area contributed by atoms with Gasteiger partial charge in [-0.05, 0) is 41.9 Å². The van der Waals surface area contributed by atoms with Crippen LogP contribution < -0.4 is 10.3 Å². The van der Waals surface area contributed by atoms with Gasteiger partial charge in [-0.2, -0.15) is 13.2 Å². The summed E-state index contributed by atoms with van der Waals surface area (Å²) in [6.45, 7) is 4.05. The van der Waals surface area contributed by atoms with Crippen molar-refractivity contribution in [1.29, 1.82) is 0 Å². The third-order valence-electron chi connectivity index (χ3n) is 5.37. The number of para-hydroxylation sites is 2. The molecule has 0 radical (unpaired) electrons. The first-order valence-corrected chi connectivity index (χ1v) is 10.5. The van der Waals surface area contributed by atoms with Gasteiger partial charge in [-0.25, -0.2) is 4.98 Å². The van der Waals surface area contributed by atoms with E-state index in [4.69, 9.17) is 17.0 Å². The molecule has 5 nitrogen and oxygen atoms in total. The van der Waals surface area contributed by atoms with E-state index < -0.39 is 22.7 Å². The average Bonchev–Trinajstić information content (AvgIpc) is 2.78. The molecule has 33 heavy (non-hydrogen) atoms. The number of pyridine rings is 1. The topological polar surface area (TPSA) is 59.9 Å². The first-order chi connectivity index (χ1) is 15.6. The maximum absolute atomic E-state index is 14.1. The molecule has 0 saturated heterocycles. The van der Waals surface area contributed by atoms with Crippen LogP contribution in [0.5, 0.6) is 5.75 Å². The fourth-order valence-electron chi connectivity index (χ4n) is 3.68. The highest BCUT2D eigenvalue weighted by atomic mass is 32.1. The first-order valence-electron chi connectivity index (χ1n) is 10.1. The fraction of sp³-hybridized carbons (Fsp3) is 0.208. The van der Waals surface area contributed by atoms with Gasteiger partial charge >= 0.3 is 6.18 Å². The molecule has 0 spiro atoms. The van der Waals surface area contributed by atoms with Gasteiger partial charge in [0.05, 0.1) is 29.4 Å². The van der Waals surface area contributed by atoms with E-state index in [2.05, 4.69) is 9.97 Å². The van der Waals surface area contributed by atoms with Gasteiger partial charge in [-0.3, -0.25) is 14.3 Å². The lowest BCUT2D eigenvalue weighted by atomic mass is 10.00. The molecule has 4 rings (SSSR count). The molecular formula is C24H20F3N3O2S. The second-order valence-corrected chi connectivity index (χ2v) is 8.18. The summed E-state index contributed by atoms with van der Waals surface area (Å²) in [5.74, 6) is 0.632. The Bertz CT molecular complexity index is 1460. The molecule has 0 aliphatic heterocycles. The second-order valence-electron chi connectivity index (χ2n) is 7.79. The molecular weight excluding hydrogens is 451 g/mol. The number of methoxy groups -OCH3 is 1. The predicted molar refractivity (Wildman–Crippen MR) is 124 cm³/mol. The summed E-state index contributed by atoms with van der Waals surface area (Å²) >= 11 is 5.33. The summed E-state index contributed by atoms with van der Waals surface area (Å²) in [6, 6.07) is 14.7. The molecule has 4 aromatic rings. The monoisotopic (exact) mass is 471 g/mol. The smallest absolute Gasteiger partial charge is 0.417 e. The zero-order valence-corrected chi connectivity index (χ0v) is 18.8. The highest BCUT2D eigenvalue weighted by Gasteiger charge is 2.36. The van der Waals surface area contributed by atoms with Crippen molar-refractivity contribution in [1.82, 2.24) is 14.5 Å². The minimum Gasteiger partial charge on any atom is -0.495 e. The van der Waals surface area contributed by atoms with E-state index >= 15 is 0 Å². The van der Waals surface area contributed by atoms with E-state index in [0.717, 1.165) is 11.6 Å². The molecule has 2 aromatic heterocycles. The second kappa shape index (κ2) is 8.47. The first kappa shape index (κ1) is 22.7. The Morgan fingerprint density at radius 2 is 1.76 bits per heavy atom. The molecule has 0 atom stereocenters. The number of nitrogens with zero attached hydrogens (tertiary/aromatic N) is 2. The molecule has 9 heteroatoms. The van der Waals surface area contributed by atoms with Gasteiger partial charge in [0.25, 0.3) is 5.56 Å². The maximum atomic E-state index is 14.1. The van der Waals surface area contributed by atoms with Crippen molar-refractivity contribution in [3.05, 3.63) is 80.8 Å². The van der Waals surface area contributed by atoms with Crippen LogP contribution in [0, 0.1) is 4.77 Å². The van der Waals surface area contributed by atoms with Crippen LogP contribution in [0.15, 0.2) is 59.4 Å². The van der Waals surface area contributed by atoms with Crippen LogP contribution in [0.4, 0.5) is 13.2 Å². The molecule has 2 aromatic carbocycles. The van der Waals surface area contributed by atoms with E-state index in [9.17, 15) is 18.0 Å². The van der Waals surface area contributed by atoms with Gasteiger partial charge in [-0.15, -0.1) is 0 Å². The molecule has 1 N–H and O–H groups in total. The van der Waals surface area contributed by atoms with Crippen LogP contribution in [0.1, 0.15) is 30.9 Å². The van der Waals surface area contributed by atoms with Gasteiger partial charge in [-0.1, -0.05) is 50.2 Å². The van der Waals surface area contributed by atoms with Crippen molar-refractivity contribution in [3.8, 4) is 22.7 Å². The van der Waals surface area contributed by atoms with Crippen molar-refractivity contribution in [2.24, 2.45) is 0 Å². The summed E-state index contributed by atoms with van der Waals surface area (Å²) in [5, 5.41) is -0.593. The number of rotatable bonds is 4. The molecule has 2 heterocycles. The van der Waals surface area contributed by atoms with Crippen molar-refractivity contribution in [3.63, 3.8) is 0 Å². The van der Waals surface area contributed by atoms with Crippen LogP contribution in [-0.4, -0.2) is 21.6 Å². The third kappa shape index (κ3) is 4.16. The van der Waals surface area contributed by atoms with Gasteiger partial charge in [0.1, 0.15) is 5.75 Å². The standard InChI is InChI=1S/C24H20F3N3O2S/c1-13(2)14-8-10-15(11-9-14)17-12-16(24(25,26)27)20-21(28-17)30(23(33)29-22(20)31)18-6-4-5-7-19(18)32-3/h4-13H,1-3H3,(H,29,31,33). The Hall–Kier alpha value is -3.46. The van der Waals surface area contributed by atoms with Crippen molar-refractivity contribution in [2.75, 3.05) is 7.11 Å². The lowest BCUT2D eigenvalue weighted by molar-refractivity contribution is -0.136. The number of hydrogen-bond acceptors (Lipinski definition) is 4. The summed E-state index contributed by atoms with van der Waals surface area (Å²) in [5.41, 5.74) is -0.273. The third-order valence-corrected chi connectivity index (χ3v) is 5.65. The van der Waals surface area contributed by atoms with E-state index in [1.165, 1.54) is 11.7 Å². The molecule has 0 aliphatic rings. The number of fused-ring (bicyclic) bond motifs is 1.